The van der Waals surface area contributed by atoms with Gasteiger partial charge in [-0.05, 0) is 39.0 Å². The number of esters is 2. The molecule has 3 aliphatic carbocycles. The first kappa shape index (κ1) is 15.3. The van der Waals surface area contributed by atoms with Gasteiger partial charge in [-0.25, -0.2) is 4.79 Å². The second kappa shape index (κ2) is 6.23. The van der Waals surface area contributed by atoms with Crippen molar-refractivity contribution in [1.82, 2.24) is 0 Å². The summed E-state index contributed by atoms with van der Waals surface area (Å²) in [6.07, 6.45) is 8.30. The molecule has 0 aromatic rings. The van der Waals surface area contributed by atoms with E-state index in [1.165, 1.54) is 13.3 Å². The van der Waals surface area contributed by atoms with Gasteiger partial charge in [-0.2, -0.15) is 0 Å². The first-order valence-electron chi connectivity index (χ1n) is 8.19. The van der Waals surface area contributed by atoms with Gasteiger partial charge in [-0.15, -0.1) is 0 Å². The van der Waals surface area contributed by atoms with Crippen molar-refractivity contribution in [2.24, 2.45) is 17.8 Å². The van der Waals surface area contributed by atoms with Crippen LogP contribution >= 0.6 is 0 Å². The molecular weight excluding hydrogens is 284 g/mol. The van der Waals surface area contributed by atoms with Gasteiger partial charge in [0.1, 0.15) is 11.9 Å². The number of carbonyl (C=O) groups excluding carboxylic acids is 3. The number of ether oxygens (including phenoxy) is 2. The van der Waals surface area contributed by atoms with Gasteiger partial charge in [0.25, 0.3) is 0 Å². The van der Waals surface area contributed by atoms with Crippen LogP contribution in [0.5, 0.6) is 0 Å². The number of Topliss-reactive ketones (excluding diaryl/α,β-unsaturated/α-hetero) is 1. The van der Waals surface area contributed by atoms with Crippen molar-refractivity contribution in [3.63, 3.8) is 0 Å². The van der Waals surface area contributed by atoms with Crippen LogP contribution in [0, 0.1) is 17.8 Å². The zero-order chi connectivity index (χ0) is 15.7. The van der Waals surface area contributed by atoms with Crippen molar-refractivity contribution in [1.29, 1.82) is 0 Å². The molecule has 3 rings (SSSR count). The van der Waals surface area contributed by atoms with E-state index in [-0.39, 0.29) is 23.7 Å². The molecule has 5 nitrogen and oxygen atoms in total. The summed E-state index contributed by atoms with van der Waals surface area (Å²) in [6.45, 7) is 1.54. The van der Waals surface area contributed by atoms with E-state index in [0.717, 1.165) is 25.7 Å². The Labute approximate surface area is 130 Å². The molecular formula is C17H22O5. The Hall–Kier alpha value is -1.65. The van der Waals surface area contributed by atoms with Crippen LogP contribution in [0.4, 0.5) is 0 Å². The van der Waals surface area contributed by atoms with Gasteiger partial charge in [0, 0.05) is 11.8 Å². The lowest BCUT2D eigenvalue weighted by Crippen LogP contribution is -2.33. The molecule has 22 heavy (non-hydrogen) atoms. The molecule has 2 bridgehead atoms. The van der Waals surface area contributed by atoms with Crippen molar-refractivity contribution >= 4 is 17.7 Å². The summed E-state index contributed by atoms with van der Waals surface area (Å²) >= 11 is 0. The maximum Gasteiger partial charge on any atom is 0.347 e. The Balaban J connectivity index is 1.49. The van der Waals surface area contributed by atoms with Crippen LogP contribution in [0.15, 0.2) is 12.2 Å². The zero-order valence-corrected chi connectivity index (χ0v) is 12.8. The van der Waals surface area contributed by atoms with Crippen LogP contribution in [0.3, 0.4) is 0 Å². The summed E-state index contributed by atoms with van der Waals surface area (Å²) in [5.74, 6) is -1.79. The third-order valence-corrected chi connectivity index (χ3v) is 4.95. The van der Waals surface area contributed by atoms with Crippen molar-refractivity contribution in [2.45, 2.75) is 57.7 Å². The summed E-state index contributed by atoms with van der Waals surface area (Å²) < 4.78 is 10.6. The molecule has 0 N–H and O–H groups in total. The lowest BCUT2D eigenvalue weighted by atomic mass is 9.94. The molecule has 0 aliphatic heterocycles. The van der Waals surface area contributed by atoms with Crippen LogP contribution in [0.2, 0.25) is 0 Å². The molecule has 2 fully saturated rings. The molecule has 0 aromatic carbocycles. The largest absolute Gasteiger partial charge is 0.460 e. The number of rotatable bonds is 4. The van der Waals surface area contributed by atoms with E-state index in [2.05, 4.69) is 0 Å². The molecule has 5 heteroatoms. The van der Waals surface area contributed by atoms with E-state index >= 15 is 0 Å². The third-order valence-electron chi connectivity index (χ3n) is 4.95. The number of carbonyl (C=O) groups is 3. The highest BCUT2D eigenvalue weighted by molar-refractivity contribution is 5.97. The Morgan fingerprint density at radius 3 is 2.50 bits per heavy atom. The Bertz CT molecular complexity index is 503. The standard InChI is InChI=1S/C17H22O5/c1-10(16(19)22-12-5-3-2-4-6-12)21-17(20)14-9-11-7-8-13(14)15(11)18/h7-8,10-14H,2-6,9H2,1H3. The van der Waals surface area contributed by atoms with Gasteiger partial charge in [-0.1, -0.05) is 18.6 Å². The molecule has 0 saturated heterocycles. The minimum Gasteiger partial charge on any atom is -0.460 e. The molecule has 2 saturated carbocycles. The van der Waals surface area contributed by atoms with Gasteiger partial charge >= 0.3 is 11.9 Å². The predicted octanol–water partition coefficient (Wildman–Crippen LogP) is 2.19. The lowest BCUT2D eigenvalue weighted by molar-refractivity contribution is -0.173. The number of hydrogen-bond donors (Lipinski definition) is 0. The molecule has 0 spiro atoms. The minimum atomic E-state index is -0.910. The fraction of sp³-hybridized carbons (Fsp3) is 0.706. The average molecular weight is 306 g/mol. The van der Waals surface area contributed by atoms with Crippen LogP contribution in [-0.2, 0) is 23.9 Å². The maximum absolute atomic E-state index is 12.2. The normalized spacial score (nSPS) is 32.0. The van der Waals surface area contributed by atoms with E-state index in [1.807, 2.05) is 6.08 Å². The fourth-order valence-electron chi connectivity index (χ4n) is 3.63. The van der Waals surface area contributed by atoms with Crippen molar-refractivity contribution < 1.29 is 23.9 Å². The van der Waals surface area contributed by atoms with Crippen LogP contribution in [0.1, 0.15) is 45.4 Å². The second-order valence-electron chi connectivity index (χ2n) is 6.54. The molecule has 4 atom stereocenters. The Morgan fingerprint density at radius 2 is 1.91 bits per heavy atom. The highest BCUT2D eigenvalue weighted by Gasteiger charge is 2.48. The molecule has 120 valence electrons. The predicted molar refractivity (Wildman–Crippen MR) is 77.8 cm³/mol. The van der Waals surface area contributed by atoms with Crippen molar-refractivity contribution in [2.75, 3.05) is 0 Å². The SMILES string of the molecule is CC(OC(=O)C1CC2C=CC1C2=O)C(=O)OC1CCCCC1. The van der Waals surface area contributed by atoms with E-state index in [1.54, 1.807) is 6.08 Å². The second-order valence-corrected chi connectivity index (χ2v) is 6.54. The van der Waals surface area contributed by atoms with Crippen LogP contribution in [-0.4, -0.2) is 29.9 Å². The van der Waals surface area contributed by atoms with E-state index in [4.69, 9.17) is 9.47 Å². The highest BCUT2D eigenvalue weighted by Crippen LogP contribution is 2.41. The van der Waals surface area contributed by atoms with Crippen LogP contribution < -0.4 is 0 Å². The van der Waals surface area contributed by atoms with Crippen molar-refractivity contribution in [3.05, 3.63) is 12.2 Å². The molecule has 0 radical (unpaired) electrons. The minimum absolute atomic E-state index is 0.0468. The van der Waals surface area contributed by atoms with Gasteiger partial charge in [-0.3, -0.25) is 9.59 Å². The number of allylic oxidation sites excluding steroid dienone is 2. The third kappa shape index (κ3) is 2.94. The monoisotopic (exact) mass is 306 g/mol. The first-order chi connectivity index (χ1) is 10.6. The molecule has 3 aliphatic rings. The fourth-order valence-corrected chi connectivity index (χ4v) is 3.63. The van der Waals surface area contributed by atoms with Gasteiger partial charge in [0.15, 0.2) is 6.10 Å². The van der Waals surface area contributed by atoms with E-state index in [9.17, 15) is 14.4 Å². The van der Waals surface area contributed by atoms with Gasteiger partial charge in [0.2, 0.25) is 0 Å². The lowest BCUT2D eigenvalue weighted by Gasteiger charge is -2.24. The Kier molecular flexibility index (Phi) is 4.32. The quantitative estimate of drug-likeness (QED) is 0.588. The van der Waals surface area contributed by atoms with Gasteiger partial charge in [0.05, 0.1) is 5.92 Å². The summed E-state index contributed by atoms with van der Waals surface area (Å²) in [4.78, 5) is 36.0. The smallest absolute Gasteiger partial charge is 0.347 e. The van der Waals surface area contributed by atoms with E-state index < -0.39 is 24.0 Å². The van der Waals surface area contributed by atoms with Crippen LogP contribution in [0.25, 0.3) is 0 Å². The summed E-state index contributed by atoms with van der Waals surface area (Å²) in [6, 6.07) is 0. The van der Waals surface area contributed by atoms with E-state index in [0.29, 0.717) is 6.42 Å². The average Bonchev–Trinajstić information content (AvgIpc) is 3.03. The summed E-state index contributed by atoms with van der Waals surface area (Å²) in [5.41, 5.74) is 0. The zero-order valence-electron chi connectivity index (χ0n) is 12.8. The van der Waals surface area contributed by atoms with Crippen molar-refractivity contribution in [3.8, 4) is 0 Å². The summed E-state index contributed by atoms with van der Waals surface area (Å²) in [7, 11) is 0. The Morgan fingerprint density at radius 1 is 1.18 bits per heavy atom. The number of ketones is 1. The molecule has 0 amide bonds. The summed E-state index contributed by atoms with van der Waals surface area (Å²) in [5, 5.41) is 0. The molecule has 0 aromatic heterocycles. The number of fused-ring (bicyclic) bond motifs is 2. The molecule has 0 heterocycles. The molecule has 4 unspecified atom stereocenters. The first-order valence-corrected chi connectivity index (χ1v) is 8.19. The highest BCUT2D eigenvalue weighted by atomic mass is 16.6. The number of hydrogen-bond acceptors (Lipinski definition) is 5. The topological polar surface area (TPSA) is 69.7 Å². The van der Waals surface area contributed by atoms with Gasteiger partial charge < -0.3 is 9.47 Å². The maximum atomic E-state index is 12.2.